The number of pyridine rings is 3. The van der Waals surface area contributed by atoms with Crippen LogP contribution in [0.15, 0.2) is 59.7 Å². The SMILES string of the molecule is Cc1ccc(-c2ccc3ncc4ccc(=O)n(CCN(C)C)c4c3c2)cn1. The molecule has 0 N–H and O–H groups in total. The van der Waals surface area contributed by atoms with E-state index in [1.54, 1.807) is 6.07 Å². The summed E-state index contributed by atoms with van der Waals surface area (Å²) in [5.74, 6) is 0. The van der Waals surface area contributed by atoms with Crippen molar-refractivity contribution in [1.29, 1.82) is 0 Å². The normalized spacial score (nSPS) is 11.6. The third-order valence-electron chi connectivity index (χ3n) is 4.82. The second kappa shape index (κ2) is 6.93. The number of hydrogen-bond donors (Lipinski definition) is 0. The van der Waals surface area contributed by atoms with Crippen molar-refractivity contribution < 1.29 is 0 Å². The molecule has 0 spiro atoms. The Morgan fingerprint density at radius 1 is 0.963 bits per heavy atom. The Morgan fingerprint density at radius 3 is 2.52 bits per heavy atom. The van der Waals surface area contributed by atoms with Crippen LogP contribution >= 0.6 is 0 Å². The van der Waals surface area contributed by atoms with E-state index in [-0.39, 0.29) is 5.56 Å². The van der Waals surface area contributed by atoms with Gasteiger partial charge in [0, 0.05) is 53.6 Å². The van der Waals surface area contributed by atoms with Crippen LogP contribution in [0.5, 0.6) is 0 Å². The van der Waals surface area contributed by atoms with Gasteiger partial charge in [0.2, 0.25) is 0 Å². The van der Waals surface area contributed by atoms with E-state index in [1.165, 1.54) is 0 Å². The second-order valence-corrected chi connectivity index (χ2v) is 7.11. The van der Waals surface area contributed by atoms with Gasteiger partial charge in [-0.05, 0) is 50.8 Å². The molecule has 0 aliphatic carbocycles. The van der Waals surface area contributed by atoms with E-state index in [1.807, 2.05) is 56.2 Å². The molecular formula is C22H22N4O. The molecule has 1 aromatic carbocycles. The molecule has 3 heterocycles. The first-order valence-electron chi connectivity index (χ1n) is 9.03. The number of hydrogen-bond acceptors (Lipinski definition) is 4. The molecule has 136 valence electrons. The van der Waals surface area contributed by atoms with Crippen LogP contribution in [0.2, 0.25) is 0 Å². The molecule has 0 fully saturated rings. The molecule has 0 bridgehead atoms. The lowest BCUT2D eigenvalue weighted by Gasteiger charge is -2.15. The van der Waals surface area contributed by atoms with Gasteiger partial charge in [0.05, 0.1) is 11.0 Å². The quantitative estimate of drug-likeness (QED) is 0.524. The van der Waals surface area contributed by atoms with E-state index in [0.29, 0.717) is 6.54 Å². The molecule has 3 aromatic heterocycles. The summed E-state index contributed by atoms with van der Waals surface area (Å²) in [6.07, 6.45) is 3.73. The van der Waals surface area contributed by atoms with E-state index in [2.05, 4.69) is 33.1 Å². The van der Waals surface area contributed by atoms with Gasteiger partial charge in [-0.15, -0.1) is 0 Å². The van der Waals surface area contributed by atoms with Crippen molar-refractivity contribution in [3.8, 4) is 11.1 Å². The van der Waals surface area contributed by atoms with E-state index in [0.717, 1.165) is 45.2 Å². The molecule has 5 heteroatoms. The minimum Gasteiger partial charge on any atom is -0.308 e. The topological polar surface area (TPSA) is 51.0 Å². The number of fused-ring (bicyclic) bond motifs is 3. The van der Waals surface area contributed by atoms with Crippen LogP contribution in [-0.4, -0.2) is 40.1 Å². The minimum absolute atomic E-state index is 0.0132. The van der Waals surface area contributed by atoms with E-state index in [9.17, 15) is 4.79 Å². The number of benzene rings is 1. The lowest BCUT2D eigenvalue weighted by Crippen LogP contribution is -2.26. The number of aromatic nitrogens is 3. The van der Waals surface area contributed by atoms with E-state index < -0.39 is 0 Å². The van der Waals surface area contributed by atoms with Gasteiger partial charge >= 0.3 is 0 Å². The summed E-state index contributed by atoms with van der Waals surface area (Å²) in [7, 11) is 4.02. The standard InChI is InChI=1S/C22H22N4O/c1-15-4-5-17(13-23-15)16-6-8-20-19(12-16)22-18(14-24-20)7-9-21(27)26(22)11-10-25(2)3/h4-9,12-14H,10-11H2,1-3H3. The number of rotatable bonds is 4. The van der Waals surface area contributed by atoms with Crippen molar-refractivity contribution in [1.82, 2.24) is 19.4 Å². The van der Waals surface area contributed by atoms with Gasteiger partial charge in [0.25, 0.3) is 5.56 Å². The highest BCUT2D eigenvalue weighted by Gasteiger charge is 2.10. The Bertz CT molecular complexity index is 1180. The first-order chi connectivity index (χ1) is 13.0. The van der Waals surface area contributed by atoms with Gasteiger partial charge in [-0.25, -0.2) is 0 Å². The zero-order valence-corrected chi connectivity index (χ0v) is 15.8. The second-order valence-electron chi connectivity index (χ2n) is 7.11. The fourth-order valence-electron chi connectivity index (χ4n) is 3.32. The fraction of sp³-hybridized carbons (Fsp3) is 0.227. The molecule has 0 aliphatic heterocycles. The van der Waals surface area contributed by atoms with Gasteiger partial charge < -0.3 is 9.47 Å². The zero-order valence-electron chi connectivity index (χ0n) is 15.8. The summed E-state index contributed by atoms with van der Waals surface area (Å²) in [5.41, 5.74) is 4.95. The summed E-state index contributed by atoms with van der Waals surface area (Å²) in [4.78, 5) is 23.7. The van der Waals surface area contributed by atoms with Crippen LogP contribution in [-0.2, 0) is 6.54 Å². The number of aryl methyl sites for hydroxylation is 1. The molecule has 4 aromatic rings. The molecule has 0 saturated heterocycles. The maximum absolute atomic E-state index is 12.6. The summed E-state index contributed by atoms with van der Waals surface area (Å²) < 4.78 is 1.86. The van der Waals surface area contributed by atoms with Crippen molar-refractivity contribution >= 4 is 21.8 Å². The minimum atomic E-state index is 0.0132. The largest absolute Gasteiger partial charge is 0.308 e. The molecule has 0 radical (unpaired) electrons. The molecular weight excluding hydrogens is 336 g/mol. The molecule has 4 rings (SSSR count). The van der Waals surface area contributed by atoms with Crippen molar-refractivity contribution in [3.05, 3.63) is 70.9 Å². The van der Waals surface area contributed by atoms with Crippen molar-refractivity contribution in [3.63, 3.8) is 0 Å². The molecule has 0 unspecified atom stereocenters. The van der Waals surface area contributed by atoms with Gasteiger partial charge in [-0.2, -0.15) is 0 Å². The molecule has 0 amide bonds. The Labute approximate surface area is 157 Å². The van der Waals surface area contributed by atoms with Gasteiger partial charge in [-0.3, -0.25) is 14.8 Å². The number of nitrogens with zero attached hydrogens (tertiary/aromatic N) is 4. The smallest absolute Gasteiger partial charge is 0.251 e. The average molecular weight is 358 g/mol. The van der Waals surface area contributed by atoms with Gasteiger partial charge in [0.1, 0.15) is 0 Å². The monoisotopic (exact) mass is 358 g/mol. The lowest BCUT2D eigenvalue weighted by atomic mass is 10.0. The third-order valence-corrected chi connectivity index (χ3v) is 4.82. The van der Waals surface area contributed by atoms with Crippen LogP contribution < -0.4 is 5.56 Å². The van der Waals surface area contributed by atoms with E-state index in [4.69, 9.17) is 0 Å². The predicted octanol–water partition coefficient (Wildman–Crippen LogP) is 3.48. The van der Waals surface area contributed by atoms with Crippen LogP contribution in [0.3, 0.4) is 0 Å². The molecule has 0 saturated carbocycles. The first-order valence-corrected chi connectivity index (χ1v) is 9.03. The van der Waals surface area contributed by atoms with E-state index >= 15 is 0 Å². The maximum Gasteiger partial charge on any atom is 0.251 e. The van der Waals surface area contributed by atoms with Gasteiger partial charge in [0.15, 0.2) is 0 Å². The Kier molecular flexibility index (Phi) is 4.46. The summed E-state index contributed by atoms with van der Waals surface area (Å²) in [5, 5.41) is 1.96. The number of likely N-dealkylation sites (N-methyl/N-ethyl adjacent to an activating group) is 1. The summed E-state index contributed by atoms with van der Waals surface area (Å²) in [6.45, 7) is 3.41. The molecule has 27 heavy (non-hydrogen) atoms. The maximum atomic E-state index is 12.6. The van der Waals surface area contributed by atoms with Crippen molar-refractivity contribution in [2.45, 2.75) is 13.5 Å². The van der Waals surface area contributed by atoms with Crippen LogP contribution in [0.4, 0.5) is 0 Å². The average Bonchev–Trinajstić information content (AvgIpc) is 2.67. The predicted molar refractivity (Wildman–Crippen MR) is 110 cm³/mol. The third kappa shape index (κ3) is 3.34. The lowest BCUT2D eigenvalue weighted by molar-refractivity contribution is 0.384. The first kappa shape index (κ1) is 17.4. The highest BCUT2D eigenvalue weighted by Crippen LogP contribution is 2.28. The van der Waals surface area contributed by atoms with Crippen LogP contribution in [0.1, 0.15) is 5.69 Å². The molecule has 0 aliphatic rings. The van der Waals surface area contributed by atoms with Crippen LogP contribution in [0.25, 0.3) is 32.9 Å². The molecule has 5 nitrogen and oxygen atoms in total. The Morgan fingerprint density at radius 2 is 1.78 bits per heavy atom. The Balaban J connectivity index is 1.97. The van der Waals surface area contributed by atoms with Crippen molar-refractivity contribution in [2.75, 3.05) is 20.6 Å². The van der Waals surface area contributed by atoms with Crippen LogP contribution in [0, 0.1) is 6.92 Å². The molecule has 0 atom stereocenters. The fourth-order valence-corrected chi connectivity index (χ4v) is 3.32. The Hall–Kier alpha value is -3.05. The van der Waals surface area contributed by atoms with Gasteiger partial charge in [-0.1, -0.05) is 12.1 Å². The summed E-state index contributed by atoms with van der Waals surface area (Å²) >= 11 is 0. The van der Waals surface area contributed by atoms with Crippen molar-refractivity contribution in [2.24, 2.45) is 0 Å². The highest BCUT2D eigenvalue weighted by atomic mass is 16.1. The summed E-state index contributed by atoms with van der Waals surface area (Å²) in [6, 6.07) is 13.7. The highest BCUT2D eigenvalue weighted by molar-refractivity contribution is 6.04. The zero-order chi connectivity index (χ0) is 19.0.